The monoisotopic (exact) mass is 597 g/mol. The lowest BCUT2D eigenvalue weighted by atomic mass is 10.3. The van der Waals surface area contributed by atoms with Crippen molar-refractivity contribution in [3.8, 4) is 5.75 Å². The van der Waals surface area contributed by atoms with Crippen molar-refractivity contribution < 1.29 is 17.9 Å². The van der Waals surface area contributed by atoms with Crippen LogP contribution in [0.1, 0.15) is 0 Å². The quantitative estimate of drug-likeness (QED) is 0.219. The van der Waals surface area contributed by atoms with Crippen LogP contribution in [0, 0.1) is 0 Å². The van der Waals surface area contributed by atoms with Gasteiger partial charge in [0, 0.05) is 24.8 Å². The number of aromatic nitrogens is 2. The first-order valence-corrected chi connectivity index (χ1v) is 14.5. The highest BCUT2D eigenvalue weighted by Crippen LogP contribution is 2.33. The zero-order chi connectivity index (χ0) is 29.6. The van der Waals surface area contributed by atoms with E-state index in [1.807, 2.05) is 37.0 Å². The molecule has 1 amide bonds. The van der Waals surface area contributed by atoms with Gasteiger partial charge in [-0.1, -0.05) is 29.8 Å². The van der Waals surface area contributed by atoms with Crippen LogP contribution in [0.4, 0.5) is 23.0 Å². The second kappa shape index (κ2) is 13.1. The van der Waals surface area contributed by atoms with Crippen LogP contribution in [-0.2, 0) is 14.8 Å². The lowest BCUT2D eigenvalue weighted by Gasteiger charge is -2.19. The number of likely N-dealkylation sites (N-methyl/N-ethyl adjacent to an activating group) is 2. The average molecular weight is 598 g/mol. The number of carbonyl (C=O) groups excluding carboxylic acids is 1. The van der Waals surface area contributed by atoms with Crippen molar-refractivity contribution in [3.05, 3.63) is 71.8 Å². The molecule has 0 bridgehead atoms. The maximum Gasteiger partial charge on any atom is 0.263 e. The van der Waals surface area contributed by atoms with Gasteiger partial charge in [0.05, 0.1) is 40.3 Å². The summed E-state index contributed by atoms with van der Waals surface area (Å²) in [6, 6.07) is 18.1. The third kappa shape index (κ3) is 8.04. The highest BCUT2D eigenvalue weighted by molar-refractivity contribution is 7.92. The number of anilines is 4. The van der Waals surface area contributed by atoms with Crippen molar-refractivity contribution in [3.63, 3.8) is 0 Å². The molecule has 0 atom stereocenters. The Balaban J connectivity index is 1.59. The van der Waals surface area contributed by atoms with E-state index < -0.39 is 10.0 Å². The maximum atomic E-state index is 13.5. The summed E-state index contributed by atoms with van der Waals surface area (Å²) in [4.78, 5) is 25.5. The molecule has 1 aromatic heterocycles. The normalized spacial score (nSPS) is 11.6. The first-order chi connectivity index (χ1) is 19.5. The summed E-state index contributed by atoms with van der Waals surface area (Å²) in [6.07, 6.45) is 0. The maximum absolute atomic E-state index is 13.5. The molecule has 4 rings (SSSR count). The number of ether oxygens (including phenoxy) is 1. The first kappa shape index (κ1) is 30.0. The zero-order valence-corrected chi connectivity index (χ0v) is 24.8. The Hall–Kier alpha value is -3.97. The van der Waals surface area contributed by atoms with Gasteiger partial charge in [-0.2, -0.15) is 0 Å². The molecule has 0 unspecified atom stereocenters. The highest BCUT2D eigenvalue weighted by atomic mass is 35.5. The molecule has 0 aliphatic carbocycles. The summed E-state index contributed by atoms with van der Waals surface area (Å²) in [5.41, 5.74) is 1.85. The molecule has 3 aromatic carbocycles. The van der Waals surface area contributed by atoms with Crippen molar-refractivity contribution in [2.24, 2.45) is 0 Å². The lowest BCUT2D eigenvalue weighted by Crippen LogP contribution is -2.34. The number of amides is 1. The Morgan fingerprint density at radius 3 is 2.32 bits per heavy atom. The standard InChI is InChI=1S/C28H32ClN7O4S/c1-35(2)14-15-36(3)18-26(37)30-19-8-7-9-21(16-19)41(38,39)34-28-27(31-23-10-5-6-11-24(23)32-28)33-25-17-20(40-4)12-13-22(25)29/h5-13,16-17H,14-15,18H2,1-4H3,(H,30,37)(H,31,33)(H,32,34). The fourth-order valence-corrected chi connectivity index (χ4v) is 5.06. The van der Waals surface area contributed by atoms with Crippen molar-refractivity contribution in [2.75, 3.05) is 63.2 Å². The number of halogens is 1. The molecule has 0 saturated heterocycles. The molecular weight excluding hydrogens is 566 g/mol. The predicted octanol–water partition coefficient (Wildman–Crippen LogP) is 4.27. The molecule has 0 saturated carbocycles. The van der Waals surface area contributed by atoms with Gasteiger partial charge in [-0.05, 0) is 63.6 Å². The molecule has 1 heterocycles. The summed E-state index contributed by atoms with van der Waals surface area (Å²) < 4.78 is 34.8. The van der Waals surface area contributed by atoms with E-state index in [1.54, 1.807) is 48.5 Å². The summed E-state index contributed by atoms with van der Waals surface area (Å²) in [5, 5.41) is 6.23. The van der Waals surface area contributed by atoms with Gasteiger partial charge in [0.15, 0.2) is 11.6 Å². The van der Waals surface area contributed by atoms with E-state index in [9.17, 15) is 13.2 Å². The van der Waals surface area contributed by atoms with E-state index in [0.29, 0.717) is 39.7 Å². The molecule has 13 heteroatoms. The number of nitrogens with one attached hydrogen (secondary N) is 3. The Labute approximate surface area is 244 Å². The topological polar surface area (TPSA) is 129 Å². The molecule has 0 spiro atoms. The molecule has 0 aliphatic rings. The first-order valence-electron chi connectivity index (χ1n) is 12.7. The van der Waals surface area contributed by atoms with Crippen molar-refractivity contribution in [2.45, 2.75) is 4.90 Å². The Morgan fingerprint density at radius 1 is 0.927 bits per heavy atom. The molecule has 3 N–H and O–H groups in total. The summed E-state index contributed by atoms with van der Waals surface area (Å²) in [5.74, 6) is 0.415. The van der Waals surface area contributed by atoms with Gasteiger partial charge in [0.2, 0.25) is 5.91 Å². The molecule has 0 aliphatic heterocycles. The minimum atomic E-state index is -4.14. The number of methoxy groups -OCH3 is 1. The average Bonchev–Trinajstić information content (AvgIpc) is 2.93. The number of para-hydroxylation sites is 2. The number of carbonyl (C=O) groups is 1. The molecule has 216 valence electrons. The Kier molecular flexibility index (Phi) is 9.61. The van der Waals surface area contributed by atoms with Crippen molar-refractivity contribution >= 4 is 61.6 Å². The molecule has 11 nitrogen and oxygen atoms in total. The smallest absolute Gasteiger partial charge is 0.263 e. The summed E-state index contributed by atoms with van der Waals surface area (Å²) in [7, 11) is 3.17. The number of nitrogens with zero attached hydrogens (tertiary/aromatic N) is 4. The molecule has 0 radical (unpaired) electrons. The third-order valence-corrected chi connectivity index (χ3v) is 7.66. The van der Waals surface area contributed by atoms with E-state index in [2.05, 4.69) is 25.3 Å². The van der Waals surface area contributed by atoms with Crippen LogP contribution in [0.2, 0.25) is 5.02 Å². The number of rotatable bonds is 12. The number of hydrogen-bond donors (Lipinski definition) is 3. The van der Waals surface area contributed by atoms with Gasteiger partial charge in [-0.15, -0.1) is 0 Å². The number of fused-ring (bicyclic) bond motifs is 1. The van der Waals surface area contributed by atoms with Gasteiger partial charge in [0.1, 0.15) is 5.75 Å². The summed E-state index contributed by atoms with van der Waals surface area (Å²) in [6.45, 7) is 1.68. The third-order valence-electron chi connectivity index (χ3n) is 6.00. The molecule has 0 fully saturated rings. The minimum absolute atomic E-state index is 0.0282. The predicted molar refractivity (Wildman–Crippen MR) is 163 cm³/mol. The van der Waals surface area contributed by atoms with Gasteiger partial charge in [-0.25, -0.2) is 18.4 Å². The van der Waals surface area contributed by atoms with Crippen LogP contribution in [0.3, 0.4) is 0 Å². The van der Waals surface area contributed by atoms with Crippen LogP contribution in [0.5, 0.6) is 5.75 Å². The highest BCUT2D eigenvalue weighted by Gasteiger charge is 2.21. The van der Waals surface area contributed by atoms with Gasteiger partial charge in [0.25, 0.3) is 10.0 Å². The second-order valence-electron chi connectivity index (χ2n) is 9.60. The van der Waals surface area contributed by atoms with E-state index in [-0.39, 0.29) is 29.0 Å². The van der Waals surface area contributed by atoms with Gasteiger partial charge < -0.3 is 20.3 Å². The van der Waals surface area contributed by atoms with Gasteiger partial charge >= 0.3 is 0 Å². The van der Waals surface area contributed by atoms with Crippen molar-refractivity contribution in [1.29, 1.82) is 0 Å². The van der Waals surface area contributed by atoms with Crippen LogP contribution in [0.15, 0.2) is 71.6 Å². The Morgan fingerprint density at radius 2 is 1.63 bits per heavy atom. The van der Waals surface area contributed by atoms with Crippen LogP contribution >= 0.6 is 11.6 Å². The lowest BCUT2D eigenvalue weighted by molar-refractivity contribution is -0.117. The SMILES string of the molecule is COc1ccc(Cl)c(Nc2nc3ccccc3nc2NS(=O)(=O)c2cccc(NC(=O)CN(C)CCN(C)C)c2)c1. The van der Waals surface area contributed by atoms with Crippen molar-refractivity contribution in [1.82, 2.24) is 19.8 Å². The van der Waals surface area contributed by atoms with E-state index >= 15 is 0 Å². The number of hydrogen-bond acceptors (Lipinski definition) is 9. The zero-order valence-electron chi connectivity index (χ0n) is 23.2. The van der Waals surface area contributed by atoms with E-state index in [1.165, 1.54) is 19.2 Å². The number of sulfonamides is 1. The van der Waals surface area contributed by atoms with Gasteiger partial charge in [-0.3, -0.25) is 14.4 Å². The fraction of sp³-hybridized carbons (Fsp3) is 0.250. The second-order valence-corrected chi connectivity index (χ2v) is 11.7. The summed E-state index contributed by atoms with van der Waals surface area (Å²) >= 11 is 6.38. The largest absolute Gasteiger partial charge is 0.497 e. The number of benzene rings is 3. The van der Waals surface area contributed by atoms with Crippen LogP contribution in [0.25, 0.3) is 11.0 Å². The molecular formula is C28H32ClN7O4S. The van der Waals surface area contributed by atoms with Crippen LogP contribution < -0.4 is 20.1 Å². The van der Waals surface area contributed by atoms with Crippen LogP contribution in [-0.4, -0.2) is 82.0 Å². The fourth-order valence-electron chi connectivity index (χ4n) is 3.84. The molecule has 41 heavy (non-hydrogen) atoms. The molecule has 4 aromatic rings. The minimum Gasteiger partial charge on any atom is -0.497 e. The van der Waals surface area contributed by atoms with E-state index in [4.69, 9.17) is 16.3 Å². The Bertz CT molecular complexity index is 1650. The van der Waals surface area contributed by atoms with E-state index in [0.717, 1.165) is 6.54 Å².